The lowest BCUT2D eigenvalue weighted by molar-refractivity contribution is -0.384. The summed E-state index contributed by atoms with van der Waals surface area (Å²) < 4.78 is 5.55. The number of benzene rings is 2. The molecule has 7 nitrogen and oxygen atoms in total. The quantitative estimate of drug-likeness (QED) is 0.441. The third-order valence-corrected chi connectivity index (χ3v) is 4.21. The monoisotopic (exact) mass is 386 g/mol. The van der Waals surface area contributed by atoms with Crippen molar-refractivity contribution in [3.63, 3.8) is 0 Å². The van der Waals surface area contributed by atoms with Gasteiger partial charge in [-0.15, -0.1) is 0 Å². The van der Waals surface area contributed by atoms with E-state index in [0.717, 1.165) is 4.90 Å². The zero-order valence-electron chi connectivity index (χ0n) is 14.5. The summed E-state index contributed by atoms with van der Waals surface area (Å²) in [5.41, 5.74) is 0.589. The number of hydrogen-bond donors (Lipinski definition) is 0. The van der Waals surface area contributed by atoms with Crippen molar-refractivity contribution in [3.05, 3.63) is 69.2 Å². The zero-order valence-corrected chi connectivity index (χ0v) is 15.3. The summed E-state index contributed by atoms with van der Waals surface area (Å²) in [5.74, 6) is -0.619. The van der Waals surface area contributed by atoms with Crippen molar-refractivity contribution in [2.45, 2.75) is 20.0 Å². The van der Waals surface area contributed by atoms with Gasteiger partial charge in [-0.2, -0.15) is 0 Å². The first-order valence-electron chi connectivity index (χ1n) is 8.09. The molecule has 0 N–H and O–H groups in total. The highest BCUT2D eigenvalue weighted by Gasteiger charge is 2.39. The minimum Gasteiger partial charge on any atom is -0.491 e. The fourth-order valence-electron chi connectivity index (χ4n) is 2.68. The normalized spacial score (nSPS) is 14.3. The first-order chi connectivity index (χ1) is 12.8. The van der Waals surface area contributed by atoms with E-state index in [-0.39, 0.29) is 22.4 Å². The van der Waals surface area contributed by atoms with Crippen LogP contribution in [0.5, 0.6) is 5.75 Å². The van der Waals surface area contributed by atoms with E-state index >= 15 is 0 Å². The Morgan fingerprint density at radius 1 is 1.00 bits per heavy atom. The smallest absolute Gasteiger partial charge is 0.277 e. The van der Waals surface area contributed by atoms with Crippen LogP contribution in [0.2, 0.25) is 0 Å². The Bertz CT molecular complexity index is 949. The van der Waals surface area contributed by atoms with E-state index in [2.05, 4.69) is 0 Å². The van der Waals surface area contributed by atoms with Gasteiger partial charge in [0, 0.05) is 12.1 Å². The molecule has 0 aromatic heterocycles. The highest BCUT2D eigenvalue weighted by atomic mass is 35.5. The summed E-state index contributed by atoms with van der Waals surface area (Å²) in [6.45, 7) is 3.78. The van der Waals surface area contributed by atoms with Gasteiger partial charge < -0.3 is 4.74 Å². The highest BCUT2D eigenvalue weighted by Crippen LogP contribution is 2.35. The Kier molecular flexibility index (Phi) is 4.96. The molecule has 0 saturated carbocycles. The molecule has 8 heteroatoms. The van der Waals surface area contributed by atoms with Crippen molar-refractivity contribution in [1.82, 2.24) is 0 Å². The number of nitrogens with zero attached hydrogens (tertiary/aromatic N) is 2. The number of halogens is 1. The molecule has 0 unspecified atom stereocenters. The van der Waals surface area contributed by atoms with Crippen LogP contribution in [0, 0.1) is 10.1 Å². The molecular weight excluding hydrogens is 372 g/mol. The van der Waals surface area contributed by atoms with Gasteiger partial charge >= 0.3 is 0 Å². The second-order valence-corrected chi connectivity index (χ2v) is 6.48. The molecule has 1 aliphatic heterocycles. The lowest BCUT2D eigenvalue weighted by atomic mass is 10.1. The molecule has 0 atom stereocenters. The summed E-state index contributed by atoms with van der Waals surface area (Å²) in [4.78, 5) is 36.5. The Morgan fingerprint density at radius 2 is 1.59 bits per heavy atom. The van der Waals surface area contributed by atoms with E-state index < -0.39 is 16.7 Å². The summed E-state index contributed by atoms with van der Waals surface area (Å²) in [6, 6.07) is 11.8. The number of amides is 2. The van der Waals surface area contributed by atoms with E-state index in [1.54, 1.807) is 24.3 Å². The maximum atomic E-state index is 12.8. The van der Waals surface area contributed by atoms with Gasteiger partial charge in [0.25, 0.3) is 17.5 Å². The molecule has 0 fully saturated rings. The number of anilines is 1. The molecule has 0 radical (unpaired) electrons. The molecule has 1 heterocycles. The van der Waals surface area contributed by atoms with Gasteiger partial charge in [0.15, 0.2) is 0 Å². The fraction of sp³-hybridized carbons (Fsp3) is 0.158. The molecule has 0 aliphatic carbocycles. The van der Waals surface area contributed by atoms with Gasteiger partial charge in [0.2, 0.25) is 0 Å². The Hall–Kier alpha value is -3.19. The lowest BCUT2D eigenvalue weighted by Gasteiger charge is -2.16. The standard InChI is InChI=1S/C19H15ClN2O5/c1-11(2)27-15-9-7-13(8-10-15)21-18(23)16(17(20)19(21)24)12-3-5-14(6-4-12)22(25)26/h3-11H,1-2H3. The van der Waals surface area contributed by atoms with Gasteiger partial charge in [0.05, 0.1) is 22.3 Å². The molecule has 2 amide bonds. The molecule has 2 aromatic carbocycles. The number of imide groups is 1. The van der Waals surface area contributed by atoms with Crippen LogP contribution in [0.4, 0.5) is 11.4 Å². The molecule has 2 aromatic rings. The summed E-state index contributed by atoms with van der Waals surface area (Å²) in [5, 5.41) is 10.5. The number of hydrogen-bond acceptors (Lipinski definition) is 5. The maximum Gasteiger partial charge on any atom is 0.277 e. The molecule has 0 saturated heterocycles. The minimum absolute atomic E-state index is 0.00393. The zero-order chi connectivity index (χ0) is 19.7. The third kappa shape index (κ3) is 3.54. The van der Waals surface area contributed by atoms with Gasteiger partial charge in [-0.3, -0.25) is 19.7 Å². The van der Waals surface area contributed by atoms with Crippen molar-refractivity contribution in [3.8, 4) is 5.75 Å². The van der Waals surface area contributed by atoms with Crippen LogP contribution in [0.3, 0.4) is 0 Å². The second-order valence-electron chi connectivity index (χ2n) is 6.10. The Morgan fingerprint density at radius 3 is 2.11 bits per heavy atom. The molecule has 0 spiro atoms. The number of ether oxygens (including phenoxy) is 1. The van der Waals surface area contributed by atoms with Crippen LogP contribution in [0.15, 0.2) is 53.6 Å². The molecule has 3 rings (SSSR count). The van der Waals surface area contributed by atoms with Crippen LogP contribution in [0.1, 0.15) is 19.4 Å². The Labute approximate surface area is 160 Å². The van der Waals surface area contributed by atoms with Crippen molar-refractivity contribution in [2.75, 3.05) is 4.90 Å². The summed E-state index contributed by atoms with van der Waals surface area (Å²) in [7, 11) is 0. The van der Waals surface area contributed by atoms with E-state index in [1.807, 2.05) is 13.8 Å². The van der Waals surface area contributed by atoms with Crippen LogP contribution in [0.25, 0.3) is 5.57 Å². The SMILES string of the molecule is CC(C)Oc1ccc(N2C(=O)C(Cl)=C(c3ccc([N+](=O)[O-])cc3)C2=O)cc1. The molecular formula is C19H15ClN2O5. The average molecular weight is 387 g/mol. The number of carbonyl (C=O) groups excluding carboxylic acids is 2. The molecule has 138 valence electrons. The van der Waals surface area contributed by atoms with Crippen LogP contribution >= 0.6 is 11.6 Å². The van der Waals surface area contributed by atoms with Crippen LogP contribution in [-0.4, -0.2) is 22.8 Å². The van der Waals surface area contributed by atoms with E-state index in [9.17, 15) is 19.7 Å². The highest BCUT2D eigenvalue weighted by molar-refractivity contribution is 6.60. The number of nitro groups is 1. The summed E-state index contributed by atoms with van der Waals surface area (Å²) in [6.07, 6.45) is -0.00393. The first kappa shape index (κ1) is 18.6. The summed E-state index contributed by atoms with van der Waals surface area (Å²) >= 11 is 6.11. The minimum atomic E-state index is -0.646. The predicted octanol–water partition coefficient (Wildman–Crippen LogP) is 3.91. The number of non-ortho nitro benzene ring substituents is 1. The molecule has 1 aliphatic rings. The van der Waals surface area contributed by atoms with Gasteiger partial charge in [0.1, 0.15) is 10.8 Å². The van der Waals surface area contributed by atoms with Gasteiger partial charge in [-0.05, 0) is 55.8 Å². The fourth-order valence-corrected chi connectivity index (χ4v) is 2.96. The molecule has 27 heavy (non-hydrogen) atoms. The predicted molar refractivity (Wildman–Crippen MR) is 101 cm³/mol. The van der Waals surface area contributed by atoms with Crippen molar-refractivity contribution >= 4 is 40.4 Å². The number of rotatable bonds is 5. The van der Waals surface area contributed by atoms with Crippen LogP contribution in [-0.2, 0) is 9.59 Å². The first-order valence-corrected chi connectivity index (χ1v) is 8.47. The van der Waals surface area contributed by atoms with Gasteiger partial charge in [-0.1, -0.05) is 11.6 Å². The largest absolute Gasteiger partial charge is 0.491 e. The molecule has 0 bridgehead atoms. The van der Waals surface area contributed by atoms with E-state index in [0.29, 0.717) is 17.0 Å². The topological polar surface area (TPSA) is 89.8 Å². The second kappa shape index (κ2) is 7.20. The van der Waals surface area contributed by atoms with E-state index in [4.69, 9.17) is 16.3 Å². The number of carbonyl (C=O) groups is 2. The van der Waals surface area contributed by atoms with E-state index in [1.165, 1.54) is 24.3 Å². The average Bonchev–Trinajstić information content (AvgIpc) is 2.85. The van der Waals surface area contributed by atoms with Crippen LogP contribution < -0.4 is 9.64 Å². The number of nitro benzene ring substituents is 1. The van der Waals surface area contributed by atoms with Gasteiger partial charge in [-0.25, -0.2) is 4.90 Å². The third-order valence-electron chi connectivity index (χ3n) is 3.86. The van der Waals surface area contributed by atoms with Crippen molar-refractivity contribution in [1.29, 1.82) is 0 Å². The Balaban J connectivity index is 1.90. The van der Waals surface area contributed by atoms with Crippen molar-refractivity contribution < 1.29 is 19.2 Å². The van der Waals surface area contributed by atoms with Crippen molar-refractivity contribution in [2.24, 2.45) is 0 Å². The maximum absolute atomic E-state index is 12.8. The lowest BCUT2D eigenvalue weighted by Crippen LogP contribution is -2.31.